The first-order valence-electron chi connectivity index (χ1n) is 7.44. The zero-order valence-corrected chi connectivity index (χ0v) is 13.7. The lowest BCUT2D eigenvalue weighted by Crippen LogP contribution is -2.07. The summed E-state index contributed by atoms with van der Waals surface area (Å²) in [6.07, 6.45) is 0.949. The normalized spacial score (nSPS) is 10.9. The van der Waals surface area contributed by atoms with Gasteiger partial charge in [-0.05, 0) is 50.1 Å². The van der Waals surface area contributed by atoms with Gasteiger partial charge in [-0.25, -0.2) is 0 Å². The fourth-order valence-corrected chi connectivity index (χ4v) is 2.60. The number of hydrogen-bond acceptors (Lipinski definition) is 3. The third kappa shape index (κ3) is 3.64. The van der Waals surface area contributed by atoms with Crippen LogP contribution >= 0.6 is 0 Å². The summed E-state index contributed by atoms with van der Waals surface area (Å²) in [5, 5.41) is 7.63. The Kier molecular flexibility index (Phi) is 5.02. The Hall–Kier alpha value is -1.81. The zero-order valence-electron chi connectivity index (χ0n) is 13.7. The van der Waals surface area contributed by atoms with Crippen molar-refractivity contribution in [1.29, 1.82) is 0 Å². The number of rotatable bonds is 6. The maximum atomic E-state index is 6.04. The second-order valence-electron chi connectivity index (χ2n) is 5.48. The first-order chi connectivity index (χ1) is 10.0. The summed E-state index contributed by atoms with van der Waals surface area (Å²) in [6, 6.07) is 6.47. The van der Waals surface area contributed by atoms with Gasteiger partial charge in [0.15, 0.2) is 0 Å². The highest BCUT2D eigenvalue weighted by atomic mass is 16.5. The topological polar surface area (TPSA) is 39.1 Å². The molecule has 1 N–H and O–H groups in total. The molecular weight excluding hydrogens is 262 g/mol. The zero-order chi connectivity index (χ0) is 15.4. The first-order valence-corrected chi connectivity index (χ1v) is 7.44. The lowest BCUT2D eigenvalue weighted by molar-refractivity contribution is 0.291. The molecule has 2 rings (SSSR count). The predicted octanol–water partition coefficient (Wildman–Crippen LogP) is 2.90. The van der Waals surface area contributed by atoms with Crippen molar-refractivity contribution in [3.05, 3.63) is 46.3 Å². The van der Waals surface area contributed by atoms with Crippen LogP contribution < -0.4 is 10.1 Å². The van der Waals surface area contributed by atoms with Crippen molar-refractivity contribution in [3.63, 3.8) is 0 Å². The van der Waals surface area contributed by atoms with Crippen molar-refractivity contribution in [3.8, 4) is 5.75 Å². The Labute approximate surface area is 127 Å². The minimum atomic E-state index is 0.552. The molecule has 0 radical (unpaired) electrons. The highest BCUT2D eigenvalue weighted by Gasteiger charge is 2.09. The lowest BCUT2D eigenvalue weighted by Gasteiger charge is -2.14. The minimum absolute atomic E-state index is 0.552. The van der Waals surface area contributed by atoms with Crippen LogP contribution in [0.2, 0.25) is 0 Å². The van der Waals surface area contributed by atoms with E-state index in [2.05, 4.69) is 49.4 Å². The van der Waals surface area contributed by atoms with Crippen LogP contribution in [0.4, 0.5) is 0 Å². The van der Waals surface area contributed by atoms with Gasteiger partial charge >= 0.3 is 0 Å². The Morgan fingerprint density at radius 3 is 2.38 bits per heavy atom. The van der Waals surface area contributed by atoms with Crippen LogP contribution in [-0.2, 0) is 26.6 Å². The van der Waals surface area contributed by atoms with E-state index < -0.39 is 0 Å². The molecule has 0 aliphatic heterocycles. The summed E-state index contributed by atoms with van der Waals surface area (Å²) in [6.45, 7) is 7.74. The SMILES string of the molecule is CCc1cc(COc2c(C)cc(CNC)cc2C)n(C)n1. The number of benzene rings is 1. The molecular formula is C17H25N3O. The standard InChI is InChI=1S/C17H25N3O/c1-6-15-9-16(20(5)19-15)11-21-17-12(2)7-14(10-18-4)8-13(17)3/h7-9,18H,6,10-11H2,1-5H3. The van der Waals surface area contributed by atoms with Gasteiger partial charge in [0.1, 0.15) is 12.4 Å². The van der Waals surface area contributed by atoms with Gasteiger partial charge in [-0.1, -0.05) is 19.1 Å². The second-order valence-corrected chi connectivity index (χ2v) is 5.48. The van der Waals surface area contributed by atoms with Gasteiger partial charge in [0, 0.05) is 13.6 Å². The summed E-state index contributed by atoms with van der Waals surface area (Å²) < 4.78 is 7.95. The molecule has 0 saturated carbocycles. The first kappa shape index (κ1) is 15.6. The molecule has 0 amide bonds. The predicted molar refractivity (Wildman–Crippen MR) is 85.6 cm³/mol. The van der Waals surface area contributed by atoms with E-state index in [1.165, 1.54) is 16.7 Å². The Morgan fingerprint density at radius 1 is 1.19 bits per heavy atom. The van der Waals surface area contributed by atoms with E-state index in [4.69, 9.17) is 4.74 Å². The Bertz CT molecular complexity index is 593. The maximum absolute atomic E-state index is 6.04. The number of nitrogens with one attached hydrogen (secondary N) is 1. The summed E-state index contributed by atoms with van der Waals surface area (Å²) >= 11 is 0. The average Bonchev–Trinajstić information content (AvgIpc) is 2.79. The third-order valence-electron chi connectivity index (χ3n) is 3.65. The smallest absolute Gasteiger partial charge is 0.130 e. The highest BCUT2D eigenvalue weighted by Crippen LogP contribution is 2.25. The molecule has 0 bridgehead atoms. The van der Waals surface area contributed by atoms with E-state index in [1.807, 2.05) is 18.8 Å². The largest absolute Gasteiger partial charge is 0.487 e. The van der Waals surface area contributed by atoms with Crippen LogP contribution in [0, 0.1) is 13.8 Å². The van der Waals surface area contributed by atoms with Crippen molar-refractivity contribution < 1.29 is 4.74 Å². The van der Waals surface area contributed by atoms with Crippen LogP contribution in [0.1, 0.15) is 35.0 Å². The second kappa shape index (κ2) is 6.76. The van der Waals surface area contributed by atoms with E-state index in [-0.39, 0.29) is 0 Å². The number of ether oxygens (including phenoxy) is 1. The lowest BCUT2D eigenvalue weighted by atomic mass is 10.1. The van der Waals surface area contributed by atoms with Crippen molar-refractivity contribution in [1.82, 2.24) is 15.1 Å². The van der Waals surface area contributed by atoms with Crippen molar-refractivity contribution in [2.45, 2.75) is 40.3 Å². The molecule has 114 valence electrons. The van der Waals surface area contributed by atoms with Gasteiger partial charge < -0.3 is 10.1 Å². The highest BCUT2D eigenvalue weighted by molar-refractivity contribution is 5.43. The molecule has 0 aliphatic carbocycles. The number of hydrogen-bond donors (Lipinski definition) is 1. The van der Waals surface area contributed by atoms with Crippen LogP contribution in [0.25, 0.3) is 0 Å². The molecule has 1 aromatic heterocycles. The molecule has 4 heteroatoms. The van der Waals surface area contributed by atoms with E-state index in [0.29, 0.717) is 6.61 Å². The van der Waals surface area contributed by atoms with Crippen molar-refractivity contribution >= 4 is 0 Å². The average molecular weight is 287 g/mol. The molecule has 1 heterocycles. The maximum Gasteiger partial charge on any atom is 0.130 e. The molecule has 2 aromatic rings. The molecule has 0 aliphatic rings. The molecule has 0 atom stereocenters. The Balaban J connectivity index is 2.14. The van der Waals surface area contributed by atoms with Crippen LogP contribution in [-0.4, -0.2) is 16.8 Å². The summed E-state index contributed by atoms with van der Waals surface area (Å²) in [5.41, 5.74) is 5.85. The quantitative estimate of drug-likeness (QED) is 0.888. The summed E-state index contributed by atoms with van der Waals surface area (Å²) in [7, 11) is 3.93. The Morgan fingerprint density at radius 2 is 1.86 bits per heavy atom. The molecule has 0 unspecified atom stereocenters. The number of aryl methyl sites for hydroxylation is 4. The summed E-state index contributed by atoms with van der Waals surface area (Å²) in [5.74, 6) is 0.981. The fourth-order valence-electron chi connectivity index (χ4n) is 2.60. The van der Waals surface area contributed by atoms with Gasteiger partial charge in [0.2, 0.25) is 0 Å². The van der Waals surface area contributed by atoms with E-state index in [0.717, 1.165) is 30.1 Å². The van der Waals surface area contributed by atoms with E-state index in [9.17, 15) is 0 Å². The van der Waals surface area contributed by atoms with Gasteiger partial charge in [-0.3, -0.25) is 4.68 Å². The number of aromatic nitrogens is 2. The summed E-state index contributed by atoms with van der Waals surface area (Å²) in [4.78, 5) is 0. The minimum Gasteiger partial charge on any atom is -0.487 e. The third-order valence-corrected chi connectivity index (χ3v) is 3.65. The van der Waals surface area contributed by atoms with Gasteiger partial charge in [-0.15, -0.1) is 0 Å². The molecule has 1 aromatic carbocycles. The van der Waals surface area contributed by atoms with Gasteiger partial charge in [0.05, 0.1) is 11.4 Å². The van der Waals surface area contributed by atoms with Gasteiger partial charge in [0.25, 0.3) is 0 Å². The molecule has 4 nitrogen and oxygen atoms in total. The monoisotopic (exact) mass is 287 g/mol. The van der Waals surface area contributed by atoms with Crippen LogP contribution in [0.5, 0.6) is 5.75 Å². The van der Waals surface area contributed by atoms with Gasteiger partial charge in [-0.2, -0.15) is 5.10 Å². The van der Waals surface area contributed by atoms with E-state index >= 15 is 0 Å². The fraction of sp³-hybridized carbons (Fsp3) is 0.471. The van der Waals surface area contributed by atoms with Crippen molar-refractivity contribution in [2.24, 2.45) is 7.05 Å². The van der Waals surface area contributed by atoms with E-state index in [1.54, 1.807) is 0 Å². The number of nitrogens with zero attached hydrogens (tertiary/aromatic N) is 2. The molecule has 21 heavy (non-hydrogen) atoms. The van der Waals surface area contributed by atoms with Crippen LogP contribution in [0.3, 0.4) is 0 Å². The van der Waals surface area contributed by atoms with Crippen LogP contribution in [0.15, 0.2) is 18.2 Å². The van der Waals surface area contributed by atoms with Crippen molar-refractivity contribution in [2.75, 3.05) is 7.05 Å². The molecule has 0 spiro atoms. The molecule has 0 saturated heterocycles. The molecule has 0 fully saturated rings.